The Kier molecular flexibility index (Phi) is 5.38. The number of amidine groups is 1. The van der Waals surface area contributed by atoms with Crippen LogP contribution in [0, 0.1) is 0 Å². The summed E-state index contributed by atoms with van der Waals surface area (Å²) in [6.45, 7) is -0.263. The Morgan fingerprint density at radius 2 is 1.95 bits per heavy atom. The highest BCUT2D eigenvalue weighted by atomic mass is 32.3. The first-order valence-corrected chi connectivity index (χ1v) is 9.21. The molecule has 0 saturated heterocycles. The highest BCUT2D eigenvalue weighted by Crippen LogP contribution is 2.25. The number of benzene rings is 1. The van der Waals surface area contributed by atoms with Crippen molar-refractivity contribution < 1.29 is 26.8 Å². The molecule has 0 saturated carbocycles. The number of nitrogens with zero attached hydrogens (tertiary/aromatic N) is 1. The normalized spacial score (nSPS) is 12.9. The van der Waals surface area contributed by atoms with Crippen LogP contribution in [0.5, 0.6) is 5.75 Å². The molecule has 0 unspecified atom stereocenters. The van der Waals surface area contributed by atoms with Gasteiger partial charge in [-0.3, -0.25) is 4.72 Å². The second-order valence-electron chi connectivity index (χ2n) is 4.14. The number of sulfone groups is 1. The zero-order valence-electron chi connectivity index (χ0n) is 11.1. The Hall–Kier alpha value is -2.01. The maximum atomic E-state index is 11.7. The molecule has 1 aromatic carbocycles. The van der Waals surface area contributed by atoms with Crippen molar-refractivity contribution in [2.75, 3.05) is 22.7 Å². The van der Waals surface area contributed by atoms with E-state index in [-0.39, 0.29) is 23.9 Å². The fourth-order valence-corrected chi connectivity index (χ4v) is 4.33. The van der Waals surface area contributed by atoms with Crippen LogP contribution in [0.2, 0.25) is 0 Å². The smallest absolute Gasteiger partial charge is 0.247 e. The van der Waals surface area contributed by atoms with Gasteiger partial charge in [-0.2, -0.15) is 0 Å². The third-order valence-electron chi connectivity index (χ3n) is 2.03. The van der Waals surface area contributed by atoms with E-state index in [1.54, 1.807) is 6.07 Å². The van der Waals surface area contributed by atoms with Crippen LogP contribution in [0.15, 0.2) is 29.4 Å². The van der Waals surface area contributed by atoms with Crippen molar-refractivity contribution in [3.8, 4) is 5.75 Å². The van der Waals surface area contributed by atoms with E-state index in [1.165, 1.54) is 18.2 Å². The van der Waals surface area contributed by atoms with Gasteiger partial charge in [0.05, 0.1) is 5.69 Å². The summed E-state index contributed by atoms with van der Waals surface area (Å²) >= 11 is 0. The van der Waals surface area contributed by atoms with Crippen LogP contribution in [0.3, 0.4) is 0 Å². The van der Waals surface area contributed by atoms with E-state index < -0.39 is 24.9 Å². The maximum absolute atomic E-state index is 11.7. The van der Waals surface area contributed by atoms with Gasteiger partial charge in [0.25, 0.3) is 0 Å². The molecule has 0 heterocycles. The molecule has 0 fully saturated rings. The monoisotopic (exact) mass is 337 g/mol. The molecule has 0 atom stereocenters. The van der Waals surface area contributed by atoms with Gasteiger partial charge in [-0.1, -0.05) is 17.3 Å². The molecule has 1 aromatic rings. The Bertz CT molecular complexity index is 727. The van der Waals surface area contributed by atoms with Crippen LogP contribution in [0.4, 0.5) is 5.69 Å². The van der Waals surface area contributed by atoms with Crippen molar-refractivity contribution in [2.45, 2.75) is 0 Å². The summed E-state index contributed by atoms with van der Waals surface area (Å²) in [6, 6.07) is 5.95. The Morgan fingerprint density at radius 3 is 2.52 bits per heavy atom. The maximum Gasteiger partial charge on any atom is 0.247 e. The van der Waals surface area contributed by atoms with E-state index in [4.69, 9.17) is 15.7 Å². The number of hydrogen-bond acceptors (Lipinski definition) is 7. The number of sulfonamides is 1. The number of anilines is 1. The molecule has 0 spiro atoms. The zero-order valence-corrected chi connectivity index (χ0v) is 12.7. The highest BCUT2D eigenvalue weighted by Gasteiger charge is 2.19. The number of hydrogen-bond donors (Lipinski definition) is 3. The number of ether oxygens (including phenoxy) is 1. The van der Waals surface area contributed by atoms with E-state index in [2.05, 4.69) is 9.88 Å². The standard InChI is InChI=1S/C10H15N3O6S2/c1-20(15,16)7-21(17,18)13-8-4-2-3-5-9(8)19-6-10(11)12-14/h2-5,13-14H,6-7H2,1H3,(H2,11,12). The van der Waals surface area contributed by atoms with Crippen LogP contribution < -0.4 is 15.2 Å². The largest absolute Gasteiger partial charge is 0.483 e. The topological polar surface area (TPSA) is 148 Å². The number of nitrogens with two attached hydrogens (primary N) is 1. The molecule has 0 aliphatic heterocycles. The molecular weight excluding hydrogens is 322 g/mol. The molecule has 9 nitrogen and oxygen atoms in total. The Labute approximate surface area is 122 Å². The summed E-state index contributed by atoms with van der Waals surface area (Å²) in [6.07, 6.45) is 0.813. The highest BCUT2D eigenvalue weighted by molar-refractivity contribution is 8.08. The summed E-state index contributed by atoms with van der Waals surface area (Å²) in [5.41, 5.74) is 5.29. The van der Waals surface area contributed by atoms with Gasteiger partial charge >= 0.3 is 0 Å². The summed E-state index contributed by atoms with van der Waals surface area (Å²) in [5, 5.41) is 10.1. The summed E-state index contributed by atoms with van der Waals surface area (Å²) in [4.78, 5) is 0. The number of oxime groups is 1. The van der Waals surface area contributed by atoms with E-state index in [9.17, 15) is 16.8 Å². The molecule has 0 aliphatic rings. The molecule has 0 aromatic heterocycles. The predicted octanol–water partition coefficient (Wildman–Crippen LogP) is -0.444. The molecule has 21 heavy (non-hydrogen) atoms. The average molecular weight is 337 g/mol. The third-order valence-corrected chi connectivity index (χ3v) is 5.51. The fourth-order valence-electron chi connectivity index (χ4n) is 1.34. The molecule has 1 rings (SSSR count). The number of para-hydroxylation sites is 2. The molecule has 118 valence electrons. The first kappa shape index (κ1) is 17.0. The van der Waals surface area contributed by atoms with Gasteiger partial charge in [0, 0.05) is 6.26 Å². The van der Waals surface area contributed by atoms with Gasteiger partial charge in [0.15, 0.2) is 20.8 Å². The second-order valence-corrected chi connectivity index (χ2v) is 8.36. The molecule has 0 radical (unpaired) electrons. The van der Waals surface area contributed by atoms with Crippen molar-refractivity contribution in [1.82, 2.24) is 0 Å². The van der Waals surface area contributed by atoms with Crippen molar-refractivity contribution in [3.63, 3.8) is 0 Å². The minimum atomic E-state index is -4.09. The van der Waals surface area contributed by atoms with Crippen molar-refractivity contribution in [1.29, 1.82) is 0 Å². The molecule has 11 heteroatoms. The average Bonchev–Trinajstić information content (AvgIpc) is 2.33. The van der Waals surface area contributed by atoms with Gasteiger partial charge in [-0.25, -0.2) is 16.8 Å². The van der Waals surface area contributed by atoms with E-state index in [1.807, 2.05) is 0 Å². The molecule has 0 amide bonds. The van der Waals surface area contributed by atoms with Crippen molar-refractivity contribution in [2.24, 2.45) is 10.9 Å². The Morgan fingerprint density at radius 1 is 1.33 bits per heavy atom. The van der Waals surface area contributed by atoms with E-state index >= 15 is 0 Å². The summed E-state index contributed by atoms with van der Waals surface area (Å²) in [5.74, 6) is -0.0926. The first-order valence-electron chi connectivity index (χ1n) is 5.49. The van der Waals surface area contributed by atoms with Crippen LogP contribution in [-0.2, 0) is 19.9 Å². The van der Waals surface area contributed by atoms with Crippen molar-refractivity contribution >= 4 is 31.4 Å². The minimum Gasteiger partial charge on any atom is -0.483 e. The molecule has 0 aliphatic carbocycles. The lowest BCUT2D eigenvalue weighted by molar-refractivity contribution is 0.306. The minimum absolute atomic E-state index is 0.0480. The van der Waals surface area contributed by atoms with Gasteiger partial charge in [0.2, 0.25) is 10.0 Å². The Balaban J connectivity index is 2.94. The third kappa shape index (κ3) is 6.31. The molecule has 4 N–H and O–H groups in total. The summed E-state index contributed by atoms with van der Waals surface area (Å²) in [7, 11) is -7.80. The summed E-state index contributed by atoms with van der Waals surface area (Å²) < 4.78 is 52.9. The van der Waals surface area contributed by atoms with Crippen LogP contribution >= 0.6 is 0 Å². The van der Waals surface area contributed by atoms with Gasteiger partial charge in [-0.05, 0) is 12.1 Å². The number of rotatable bonds is 7. The zero-order chi connectivity index (χ0) is 16.1. The van der Waals surface area contributed by atoms with E-state index in [0.29, 0.717) is 0 Å². The SMILES string of the molecule is CS(=O)(=O)CS(=O)(=O)Nc1ccccc1OC/C(N)=N/O. The molecule has 0 bridgehead atoms. The lowest BCUT2D eigenvalue weighted by atomic mass is 10.3. The second kappa shape index (κ2) is 6.63. The fraction of sp³-hybridized carbons (Fsp3) is 0.300. The van der Waals surface area contributed by atoms with Gasteiger partial charge in [-0.15, -0.1) is 0 Å². The van der Waals surface area contributed by atoms with Crippen molar-refractivity contribution in [3.05, 3.63) is 24.3 Å². The van der Waals surface area contributed by atoms with Gasteiger partial charge in [0.1, 0.15) is 12.4 Å². The van der Waals surface area contributed by atoms with Crippen LogP contribution in [0.1, 0.15) is 0 Å². The van der Waals surface area contributed by atoms with Crippen LogP contribution in [0.25, 0.3) is 0 Å². The number of nitrogens with one attached hydrogen (secondary N) is 1. The quantitative estimate of drug-likeness (QED) is 0.264. The van der Waals surface area contributed by atoms with E-state index in [0.717, 1.165) is 6.26 Å². The first-order chi connectivity index (χ1) is 9.63. The van der Waals surface area contributed by atoms with Crippen LogP contribution in [-0.4, -0.2) is 45.8 Å². The lowest BCUT2D eigenvalue weighted by Crippen LogP contribution is -2.24. The predicted molar refractivity (Wildman–Crippen MR) is 77.6 cm³/mol. The lowest BCUT2D eigenvalue weighted by Gasteiger charge is -2.12. The van der Waals surface area contributed by atoms with Gasteiger partial charge < -0.3 is 15.7 Å². The molecular formula is C10H15N3O6S2.